The molecule has 2 aromatic carbocycles. The van der Waals surface area contributed by atoms with Crippen LogP contribution < -0.4 is 15.4 Å². The summed E-state index contributed by atoms with van der Waals surface area (Å²) in [5.74, 6) is -0.0534. The summed E-state index contributed by atoms with van der Waals surface area (Å²) < 4.78 is 17.5. The smallest absolute Gasteiger partial charge is 0.408 e. The zero-order valence-corrected chi connectivity index (χ0v) is 24.4. The summed E-state index contributed by atoms with van der Waals surface area (Å²) in [5, 5.41) is 5.79. The van der Waals surface area contributed by atoms with E-state index < -0.39 is 29.3 Å². The van der Waals surface area contributed by atoms with Gasteiger partial charge in [0.05, 0.1) is 5.56 Å². The fraction of sp³-hybridized carbons (Fsp3) is 0.423. The highest BCUT2D eigenvalue weighted by Crippen LogP contribution is 2.30. The van der Waals surface area contributed by atoms with E-state index in [1.165, 1.54) is 7.05 Å². The van der Waals surface area contributed by atoms with Crippen molar-refractivity contribution in [1.82, 2.24) is 10.6 Å². The maximum Gasteiger partial charge on any atom is 0.408 e. The molecule has 196 valence electrons. The molecular weight excluding hydrogens is 599 g/mol. The molecule has 8 nitrogen and oxygen atoms in total. The lowest BCUT2D eigenvalue weighted by Gasteiger charge is -2.26. The Morgan fingerprint density at radius 2 is 1.53 bits per heavy atom. The van der Waals surface area contributed by atoms with E-state index in [9.17, 15) is 14.4 Å². The van der Waals surface area contributed by atoms with Crippen LogP contribution in [0.15, 0.2) is 36.4 Å². The van der Waals surface area contributed by atoms with Gasteiger partial charge in [0.1, 0.15) is 28.7 Å². The molecule has 0 aliphatic carbocycles. The molecule has 0 aromatic heterocycles. The Balaban J connectivity index is 2.47. The molecule has 0 bridgehead atoms. The number of alkyl carbamates (subject to hydrolysis) is 1. The molecule has 10 heteroatoms. The summed E-state index contributed by atoms with van der Waals surface area (Å²) in [7, 11) is 1.53. The van der Waals surface area contributed by atoms with Gasteiger partial charge >= 0.3 is 12.1 Å². The van der Waals surface area contributed by atoms with Crippen molar-refractivity contribution >= 4 is 52.2 Å². The van der Waals surface area contributed by atoms with Crippen LogP contribution in [0.4, 0.5) is 4.79 Å². The number of esters is 1. The molecule has 2 amide bonds. The molecule has 1 unspecified atom stereocenters. The molecule has 2 rings (SSSR count). The second-order valence-corrected chi connectivity index (χ2v) is 11.5. The van der Waals surface area contributed by atoms with Gasteiger partial charge < -0.3 is 24.8 Å². The molecule has 0 spiro atoms. The molecule has 0 heterocycles. The van der Waals surface area contributed by atoms with E-state index in [0.717, 1.165) is 0 Å². The molecule has 0 fully saturated rings. The minimum atomic E-state index is -1.07. The normalized spacial score (nSPS) is 12.4. The van der Waals surface area contributed by atoms with E-state index in [1.807, 2.05) is 22.6 Å². The van der Waals surface area contributed by atoms with Crippen LogP contribution in [-0.4, -0.2) is 42.3 Å². The molecule has 2 aromatic rings. The van der Waals surface area contributed by atoms with Gasteiger partial charge in [-0.15, -0.1) is 0 Å². The maximum absolute atomic E-state index is 13.0. The maximum atomic E-state index is 13.0. The van der Waals surface area contributed by atoms with E-state index in [-0.39, 0.29) is 12.3 Å². The third-order valence-electron chi connectivity index (χ3n) is 4.45. The van der Waals surface area contributed by atoms with Crippen molar-refractivity contribution in [1.29, 1.82) is 0 Å². The van der Waals surface area contributed by atoms with Crippen molar-refractivity contribution in [2.24, 2.45) is 0 Å². The molecule has 1 atom stereocenters. The number of carbonyl (C=O) groups is 3. The summed E-state index contributed by atoms with van der Waals surface area (Å²) in [4.78, 5) is 38.2. The summed E-state index contributed by atoms with van der Waals surface area (Å²) in [6.07, 6.45) is -0.720. The highest BCUT2D eigenvalue weighted by Gasteiger charge is 2.30. The summed E-state index contributed by atoms with van der Waals surface area (Å²) in [6, 6.07) is 9.04. The van der Waals surface area contributed by atoms with Gasteiger partial charge in [0.15, 0.2) is 0 Å². The van der Waals surface area contributed by atoms with Crippen LogP contribution in [0.1, 0.15) is 57.5 Å². The lowest BCUT2D eigenvalue weighted by molar-refractivity contribution is -0.157. The second-order valence-electron chi connectivity index (χ2n) is 10.0. The van der Waals surface area contributed by atoms with Crippen LogP contribution >= 0.6 is 34.2 Å². The fourth-order valence-electron chi connectivity index (χ4n) is 3.04. The van der Waals surface area contributed by atoms with Gasteiger partial charge in [0, 0.05) is 22.1 Å². The zero-order chi connectivity index (χ0) is 27.3. The Hall–Kier alpha value is -2.53. The highest BCUT2D eigenvalue weighted by molar-refractivity contribution is 14.1. The molecular formula is C26H32ClIN2O6. The van der Waals surface area contributed by atoms with Gasteiger partial charge in [-0.25, -0.2) is 9.59 Å². The predicted molar refractivity (Wildman–Crippen MR) is 147 cm³/mol. The minimum Gasteiger partial charge on any atom is -0.458 e. The predicted octanol–water partition coefficient (Wildman–Crippen LogP) is 5.87. The average Bonchev–Trinajstić information content (AvgIpc) is 2.73. The SMILES string of the molecule is CNC(=O)c1cc(Oc2ccc(Cl)cc2)cc(CC(NC(=O)OC(C)(C)C)C(=O)OC(C)(C)C)c1I. The van der Waals surface area contributed by atoms with Crippen molar-refractivity contribution in [2.75, 3.05) is 7.05 Å². The molecule has 2 N–H and O–H groups in total. The Kier molecular flexibility index (Phi) is 10.0. The first-order valence-electron chi connectivity index (χ1n) is 11.3. The third kappa shape index (κ3) is 9.50. The molecule has 36 heavy (non-hydrogen) atoms. The summed E-state index contributed by atoms with van der Waals surface area (Å²) in [6.45, 7) is 10.4. The average molecular weight is 631 g/mol. The van der Waals surface area contributed by atoms with E-state index in [0.29, 0.717) is 31.2 Å². The van der Waals surface area contributed by atoms with Crippen molar-refractivity contribution in [3.8, 4) is 11.5 Å². The monoisotopic (exact) mass is 630 g/mol. The van der Waals surface area contributed by atoms with Gasteiger partial charge in [0.2, 0.25) is 0 Å². The Labute approximate surface area is 230 Å². The van der Waals surface area contributed by atoms with Crippen LogP contribution in [0.25, 0.3) is 0 Å². The number of amides is 2. The first-order valence-corrected chi connectivity index (χ1v) is 12.7. The van der Waals surface area contributed by atoms with Gasteiger partial charge in [-0.3, -0.25) is 4.79 Å². The van der Waals surface area contributed by atoms with E-state index in [2.05, 4.69) is 10.6 Å². The number of hydrogen-bond acceptors (Lipinski definition) is 6. The standard InChI is InChI=1S/C26H32ClIN2O6/c1-25(2,3)35-23(32)20(30-24(33)36-26(4,5)6)13-15-12-18(14-19(21(15)28)22(31)29-7)34-17-10-8-16(27)9-11-17/h8-12,14,20H,13H2,1-7H3,(H,29,31)(H,30,33). The van der Waals surface area contributed by atoms with Crippen molar-refractivity contribution in [3.05, 3.63) is 56.1 Å². The van der Waals surface area contributed by atoms with Crippen molar-refractivity contribution < 1.29 is 28.6 Å². The number of hydrogen-bond donors (Lipinski definition) is 2. The van der Waals surface area contributed by atoms with Crippen LogP contribution in [0.2, 0.25) is 5.02 Å². The van der Waals surface area contributed by atoms with Gasteiger partial charge in [-0.05, 0) is 106 Å². The van der Waals surface area contributed by atoms with Gasteiger partial charge in [0.25, 0.3) is 5.91 Å². The molecule has 0 radical (unpaired) electrons. The largest absolute Gasteiger partial charge is 0.458 e. The van der Waals surface area contributed by atoms with Crippen LogP contribution in [0.3, 0.4) is 0 Å². The first-order chi connectivity index (χ1) is 16.6. The molecule has 0 saturated carbocycles. The van der Waals surface area contributed by atoms with E-state index in [1.54, 1.807) is 77.9 Å². The second kappa shape index (κ2) is 12.1. The zero-order valence-electron chi connectivity index (χ0n) is 21.5. The van der Waals surface area contributed by atoms with Crippen LogP contribution in [0.5, 0.6) is 11.5 Å². The van der Waals surface area contributed by atoms with Crippen LogP contribution in [-0.2, 0) is 20.7 Å². The van der Waals surface area contributed by atoms with Gasteiger partial charge in [-0.2, -0.15) is 0 Å². The quantitative estimate of drug-likeness (QED) is 0.293. The van der Waals surface area contributed by atoms with Crippen LogP contribution in [0, 0.1) is 3.57 Å². The van der Waals surface area contributed by atoms with Crippen molar-refractivity contribution in [2.45, 2.75) is 65.2 Å². The molecule has 0 saturated heterocycles. The summed E-state index contributed by atoms with van der Waals surface area (Å²) in [5.41, 5.74) is -0.562. The fourth-order valence-corrected chi connectivity index (χ4v) is 3.94. The van der Waals surface area contributed by atoms with Gasteiger partial charge in [-0.1, -0.05) is 11.6 Å². The Morgan fingerprint density at radius 3 is 2.06 bits per heavy atom. The number of carbonyl (C=O) groups excluding carboxylic acids is 3. The first kappa shape index (κ1) is 29.7. The van der Waals surface area contributed by atoms with Crippen molar-refractivity contribution in [3.63, 3.8) is 0 Å². The Morgan fingerprint density at radius 1 is 0.944 bits per heavy atom. The van der Waals surface area contributed by atoms with E-state index >= 15 is 0 Å². The number of rotatable bonds is 7. The number of ether oxygens (including phenoxy) is 3. The lowest BCUT2D eigenvalue weighted by atomic mass is 10.0. The third-order valence-corrected chi connectivity index (χ3v) is 5.97. The molecule has 0 aliphatic heterocycles. The van der Waals surface area contributed by atoms with E-state index in [4.69, 9.17) is 25.8 Å². The summed E-state index contributed by atoms with van der Waals surface area (Å²) >= 11 is 8.00. The number of halogens is 2. The molecule has 0 aliphatic rings. The lowest BCUT2D eigenvalue weighted by Crippen LogP contribution is -2.47. The number of benzene rings is 2. The topological polar surface area (TPSA) is 103 Å². The highest BCUT2D eigenvalue weighted by atomic mass is 127. The minimum absolute atomic E-state index is 0.0360. The number of nitrogens with one attached hydrogen (secondary N) is 2. The Bertz CT molecular complexity index is 1110.